The molecule has 2 aliphatic rings. The van der Waals surface area contributed by atoms with Crippen LogP contribution in [0.1, 0.15) is 48.4 Å². The molecule has 2 nitrogen and oxygen atoms in total. The van der Waals surface area contributed by atoms with Gasteiger partial charge in [0.25, 0.3) is 0 Å². The standard InChI is InChI=1S/C44H33ClN2S/c1-2-36-41(34-21-18-28-12-6-7-13-31(28)22-34)46-44(30-19-16-29(17-20-30)27-10-4-3-5-11-27)47-42(36)35-24-38-37-23-32-14-8-9-15-33(32)26-40(37)48-43(38)39(45)25-35/h3-16,18-26,29,36,42H,2,17H2,1H3. The average Bonchev–Trinajstić information content (AvgIpc) is 3.51. The van der Waals surface area contributed by atoms with Gasteiger partial charge >= 0.3 is 0 Å². The molecule has 2 heterocycles. The molecular formula is C44H33ClN2S. The van der Waals surface area contributed by atoms with Crippen molar-refractivity contribution in [1.82, 2.24) is 0 Å². The van der Waals surface area contributed by atoms with Gasteiger partial charge in [0.2, 0.25) is 0 Å². The zero-order valence-electron chi connectivity index (χ0n) is 26.6. The Morgan fingerprint density at radius 2 is 1.46 bits per heavy atom. The fraction of sp³-hybridized carbons (Fsp3) is 0.136. The average molecular weight is 657 g/mol. The van der Waals surface area contributed by atoms with E-state index in [4.69, 9.17) is 21.6 Å². The number of amidine groups is 1. The number of rotatable bonds is 5. The van der Waals surface area contributed by atoms with Crippen LogP contribution in [0.5, 0.6) is 0 Å². The summed E-state index contributed by atoms with van der Waals surface area (Å²) in [5, 5.41) is 8.18. The summed E-state index contributed by atoms with van der Waals surface area (Å²) < 4.78 is 2.39. The van der Waals surface area contributed by atoms with Gasteiger partial charge in [0.1, 0.15) is 0 Å². The molecule has 0 saturated carbocycles. The Balaban J connectivity index is 1.19. The molecule has 7 aromatic rings. The molecule has 9 rings (SSSR count). The minimum Gasteiger partial charge on any atom is -0.257 e. The molecule has 1 aliphatic carbocycles. The molecule has 4 heteroatoms. The Labute approximate surface area is 289 Å². The van der Waals surface area contributed by atoms with Gasteiger partial charge in [-0.2, -0.15) is 0 Å². The van der Waals surface area contributed by atoms with E-state index in [0.29, 0.717) is 5.92 Å². The summed E-state index contributed by atoms with van der Waals surface area (Å²) in [6.07, 6.45) is 8.67. The third-order valence-electron chi connectivity index (χ3n) is 10.0. The Morgan fingerprint density at radius 1 is 0.729 bits per heavy atom. The summed E-state index contributed by atoms with van der Waals surface area (Å²) in [6.45, 7) is 2.26. The topological polar surface area (TPSA) is 24.7 Å². The highest BCUT2D eigenvalue weighted by Crippen LogP contribution is 2.44. The third kappa shape index (κ3) is 5.10. The molecule has 6 aromatic carbocycles. The lowest BCUT2D eigenvalue weighted by Crippen LogP contribution is -2.28. The van der Waals surface area contributed by atoms with Crippen molar-refractivity contribution in [2.45, 2.75) is 31.7 Å². The van der Waals surface area contributed by atoms with Gasteiger partial charge in [-0.15, -0.1) is 11.3 Å². The minimum absolute atomic E-state index is 0.0967. The van der Waals surface area contributed by atoms with Crippen molar-refractivity contribution in [1.29, 1.82) is 0 Å². The van der Waals surface area contributed by atoms with E-state index in [1.807, 2.05) is 0 Å². The summed E-state index contributed by atoms with van der Waals surface area (Å²) in [5.74, 6) is 1.25. The van der Waals surface area contributed by atoms with Gasteiger partial charge < -0.3 is 0 Å². The van der Waals surface area contributed by atoms with Gasteiger partial charge in [0, 0.05) is 32.9 Å². The number of halogens is 1. The highest BCUT2D eigenvalue weighted by molar-refractivity contribution is 7.26. The van der Waals surface area contributed by atoms with E-state index in [1.165, 1.54) is 42.6 Å². The molecule has 3 atom stereocenters. The first-order valence-electron chi connectivity index (χ1n) is 16.8. The first-order valence-corrected chi connectivity index (χ1v) is 18.0. The van der Waals surface area contributed by atoms with Crippen LogP contribution in [0.4, 0.5) is 0 Å². The molecule has 3 unspecified atom stereocenters. The molecule has 0 fully saturated rings. The number of allylic oxidation sites excluding steroid dienone is 2. The number of hydrogen-bond acceptors (Lipinski definition) is 3. The van der Waals surface area contributed by atoms with Gasteiger partial charge in [0.15, 0.2) is 5.84 Å². The second-order valence-electron chi connectivity index (χ2n) is 12.9. The van der Waals surface area contributed by atoms with Gasteiger partial charge in [-0.05, 0) is 81.4 Å². The summed E-state index contributed by atoms with van der Waals surface area (Å²) >= 11 is 8.94. The van der Waals surface area contributed by atoms with Crippen LogP contribution in [0.25, 0.3) is 41.7 Å². The van der Waals surface area contributed by atoms with Gasteiger partial charge in [-0.1, -0.05) is 128 Å². The van der Waals surface area contributed by atoms with E-state index in [2.05, 4.69) is 146 Å². The zero-order valence-corrected chi connectivity index (χ0v) is 28.2. The summed E-state index contributed by atoms with van der Waals surface area (Å²) in [7, 11) is 0. The molecule has 1 aromatic heterocycles. The molecule has 1 aliphatic heterocycles. The quantitative estimate of drug-likeness (QED) is 0.176. The van der Waals surface area contributed by atoms with E-state index in [1.54, 1.807) is 11.3 Å². The van der Waals surface area contributed by atoms with Gasteiger partial charge in [0.05, 0.1) is 21.5 Å². The highest BCUT2D eigenvalue weighted by Gasteiger charge is 2.33. The Bertz CT molecular complexity index is 2500. The number of aliphatic imine (C=N–C) groups is 2. The number of hydrogen-bond donors (Lipinski definition) is 0. The van der Waals surface area contributed by atoms with E-state index in [-0.39, 0.29) is 12.0 Å². The van der Waals surface area contributed by atoms with Crippen LogP contribution in [0.3, 0.4) is 0 Å². The number of nitrogens with zero attached hydrogens (tertiary/aromatic N) is 2. The first-order chi connectivity index (χ1) is 23.6. The maximum absolute atomic E-state index is 7.16. The van der Waals surface area contributed by atoms with Crippen LogP contribution in [0, 0.1) is 5.92 Å². The van der Waals surface area contributed by atoms with Crippen LogP contribution < -0.4 is 0 Å². The van der Waals surface area contributed by atoms with Crippen LogP contribution in [-0.2, 0) is 0 Å². The van der Waals surface area contributed by atoms with Crippen molar-refractivity contribution in [3.63, 3.8) is 0 Å². The Kier molecular flexibility index (Phi) is 7.33. The lowest BCUT2D eigenvalue weighted by Gasteiger charge is -2.31. The van der Waals surface area contributed by atoms with Gasteiger partial charge in [-0.3, -0.25) is 4.99 Å². The number of fused-ring (bicyclic) bond motifs is 5. The Morgan fingerprint density at radius 3 is 2.21 bits per heavy atom. The maximum atomic E-state index is 7.16. The van der Waals surface area contributed by atoms with Crippen LogP contribution >= 0.6 is 22.9 Å². The normalized spacial score (nSPS) is 19.5. The van der Waals surface area contributed by atoms with E-state index >= 15 is 0 Å². The Hall–Kier alpha value is -4.83. The molecule has 48 heavy (non-hydrogen) atoms. The molecule has 0 bridgehead atoms. The first kappa shape index (κ1) is 29.3. The van der Waals surface area contributed by atoms with E-state index < -0.39 is 0 Å². The van der Waals surface area contributed by atoms with Crippen molar-refractivity contribution in [2.24, 2.45) is 15.9 Å². The van der Waals surface area contributed by atoms with Crippen molar-refractivity contribution < 1.29 is 0 Å². The molecule has 0 radical (unpaired) electrons. The second-order valence-corrected chi connectivity index (χ2v) is 14.4. The van der Waals surface area contributed by atoms with Crippen molar-refractivity contribution in [2.75, 3.05) is 0 Å². The molecule has 0 N–H and O–H groups in total. The molecule has 0 saturated heterocycles. The monoisotopic (exact) mass is 656 g/mol. The van der Waals surface area contributed by atoms with Crippen molar-refractivity contribution in [3.05, 3.63) is 167 Å². The van der Waals surface area contributed by atoms with Crippen molar-refractivity contribution >= 4 is 76.2 Å². The predicted octanol–water partition coefficient (Wildman–Crippen LogP) is 12.7. The predicted molar refractivity (Wildman–Crippen MR) is 207 cm³/mol. The van der Waals surface area contributed by atoms with E-state index in [9.17, 15) is 0 Å². The maximum Gasteiger partial charge on any atom is 0.155 e. The largest absolute Gasteiger partial charge is 0.257 e. The second kappa shape index (κ2) is 12.0. The smallest absolute Gasteiger partial charge is 0.155 e. The summed E-state index contributed by atoms with van der Waals surface area (Å²) in [6, 6.07) is 43.6. The highest BCUT2D eigenvalue weighted by atomic mass is 35.5. The molecule has 0 amide bonds. The lowest BCUT2D eigenvalue weighted by atomic mass is 9.82. The minimum atomic E-state index is -0.123. The summed E-state index contributed by atoms with van der Waals surface area (Å²) in [5.41, 5.74) is 5.80. The van der Waals surface area contributed by atoms with Crippen LogP contribution in [0.15, 0.2) is 155 Å². The molecule has 0 spiro atoms. The third-order valence-corrected chi connectivity index (χ3v) is 11.7. The zero-order chi connectivity index (χ0) is 32.2. The number of thiophene rings is 1. The van der Waals surface area contributed by atoms with E-state index in [0.717, 1.165) is 50.8 Å². The fourth-order valence-corrected chi connectivity index (χ4v) is 9.00. The molecule has 232 valence electrons. The SMILES string of the molecule is CCC1C(c2ccc3ccccc3c2)=NC(C2=CCC(c3ccccc3)C=C2)=NC1c1cc(Cl)c2sc3cc4ccccc4cc3c2c1. The lowest BCUT2D eigenvalue weighted by molar-refractivity contribution is 0.533. The number of benzene rings is 6. The van der Waals surface area contributed by atoms with Crippen molar-refractivity contribution in [3.8, 4) is 0 Å². The van der Waals surface area contributed by atoms with Gasteiger partial charge in [-0.25, -0.2) is 4.99 Å². The van der Waals surface area contributed by atoms with Crippen LogP contribution in [0.2, 0.25) is 5.02 Å². The van der Waals surface area contributed by atoms with Crippen LogP contribution in [-0.4, -0.2) is 11.5 Å². The fourth-order valence-electron chi connectivity index (χ4n) is 7.53. The summed E-state index contributed by atoms with van der Waals surface area (Å²) in [4.78, 5) is 10.9. The molecular weight excluding hydrogens is 624 g/mol.